The number of hydrogen-bond acceptors (Lipinski definition) is 6. The van der Waals surface area contributed by atoms with Crippen LogP contribution in [-0.4, -0.2) is 64.3 Å². The lowest BCUT2D eigenvalue weighted by molar-refractivity contribution is -0.138. The predicted molar refractivity (Wildman–Crippen MR) is 55.8 cm³/mol. The van der Waals surface area contributed by atoms with Gasteiger partial charge in [-0.25, -0.2) is 0 Å². The Kier molecular flexibility index (Phi) is 8.32. The zero-order valence-electron chi connectivity index (χ0n) is 9.32. The number of carbonyl (C=O) groups excluding carboxylic acids is 1. The molecule has 0 radical (unpaired) electrons. The van der Waals surface area contributed by atoms with Gasteiger partial charge in [0.05, 0.1) is 6.61 Å². The summed E-state index contributed by atoms with van der Waals surface area (Å²) in [5.74, 6) is 0. The Balaban J connectivity index is 3.87. The third kappa shape index (κ3) is 5.53. The van der Waals surface area contributed by atoms with E-state index >= 15 is 0 Å². The third-order valence-corrected chi connectivity index (χ3v) is 2.16. The second-order valence-corrected chi connectivity index (χ2v) is 3.60. The van der Waals surface area contributed by atoms with Crippen molar-refractivity contribution >= 4 is 6.29 Å². The first-order valence-electron chi connectivity index (χ1n) is 5.29. The van der Waals surface area contributed by atoms with Gasteiger partial charge in [-0.3, -0.25) is 0 Å². The molecule has 0 spiro atoms. The van der Waals surface area contributed by atoms with Gasteiger partial charge in [-0.15, -0.1) is 0 Å². The lowest BCUT2D eigenvalue weighted by Crippen LogP contribution is -2.46. The molecule has 0 aromatic heterocycles. The molecule has 0 aliphatic heterocycles. The maximum absolute atomic E-state index is 10.1. The van der Waals surface area contributed by atoms with Gasteiger partial charge in [0.2, 0.25) is 0 Å². The van der Waals surface area contributed by atoms with Crippen LogP contribution in [0.2, 0.25) is 0 Å². The van der Waals surface area contributed by atoms with Crippen LogP contribution in [0, 0.1) is 0 Å². The highest BCUT2D eigenvalue weighted by atomic mass is 16.5. The fourth-order valence-electron chi connectivity index (χ4n) is 1.06. The van der Waals surface area contributed by atoms with Gasteiger partial charge in [0, 0.05) is 6.61 Å². The molecule has 6 heteroatoms. The van der Waals surface area contributed by atoms with Gasteiger partial charge >= 0.3 is 0 Å². The summed E-state index contributed by atoms with van der Waals surface area (Å²) >= 11 is 0. The highest BCUT2D eigenvalue weighted by molar-refractivity contribution is 5.56. The molecular weight excluding hydrogens is 216 g/mol. The summed E-state index contributed by atoms with van der Waals surface area (Å²) in [6.45, 7) is 2.29. The number of hydrogen-bond donors (Lipinski definition) is 4. The maximum atomic E-state index is 10.1. The van der Waals surface area contributed by atoms with Crippen molar-refractivity contribution in [2.45, 2.75) is 44.2 Å². The Hall–Kier alpha value is -0.530. The van der Waals surface area contributed by atoms with E-state index in [0.717, 1.165) is 12.8 Å². The van der Waals surface area contributed by atoms with Crippen molar-refractivity contribution in [3.63, 3.8) is 0 Å². The number of aliphatic hydroxyl groups is 4. The Bertz CT molecular complexity index is 186. The van der Waals surface area contributed by atoms with Gasteiger partial charge in [-0.2, -0.15) is 0 Å². The minimum absolute atomic E-state index is 0.0958. The van der Waals surface area contributed by atoms with Crippen LogP contribution in [0.3, 0.4) is 0 Å². The summed E-state index contributed by atoms with van der Waals surface area (Å²) in [4.78, 5) is 10.1. The fourth-order valence-corrected chi connectivity index (χ4v) is 1.06. The summed E-state index contributed by atoms with van der Waals surface area (Å²) < 4.78 is 5.03. The SMILES string of the molecule is CCCCOC[C@@H](O)[C@@H](O)[C@H](O)[C@@H](O)C=O. The van der Waals surface area contributed by atoms with Crippen molar-refractivity contribution in [1.82, 2.24) is 0 Å². The Morgan fingerprint density at radius 3 is 2.31 bits per heavy atom. The van der Waals surface area contributed by atoms with Crippen LogP contribution < -0.4 is 0 Å². The third-order valence-electron chi connectivity index (χ3n) is 2.16. The second-order valence-electron chi connectivity index (χ2n) is 3.60. The highest BCUT2D eigenvalue weighted by Crippen LogP contribution is 2.04. The molecule has 0 aliphatic carbocycles. The lowest BCUT2D eigenvalue weighted by Gasteiger charge is -2.23. The summed E-state index contributed by atoms with van der Waals surface area (Å²) in [6.07, 6.45) is -4.47. The van der Waals surface area contributed by atoms with Crippen LogP contribution in [-0.2, 0) is 9.53 Å². The summed E-state index contributed by atoms with van der Waals surface area (Å²) in [6, 6.07) is 0. The van der Waals surface area contributed by atoms with Crippen LogP contribution in [0.4, 0.5) is 0 Å². The van der Waals surface area contributed by atoms with Gasteiger partial charge in [0.25, 0.3) is 0 Å². The van der Waals surface area contributed by atoms with Gasteiger partial charge in [-0.05, 0) is 6.42 Å². The van der Waals surface area contributed by atoms with Gasteiger partial charge in [0.1, 0.15) is 24.4 Å². The molecule has 0 aliphatic rings. The van der Waals surface area contributed by atoms with Crippen molar-refractivity contribution in [3.8, 4) is 0 Å². The van der Waals surface area contributed by atoms with E-state index in [1.54, 1.807) is 0 Å². The molecule has 6 nitrogen and oxygen atoms in total. The van der Waals surface area contributed by atoms with Crippen LogP contribution in [0.15, 0.2) is 0 Å². The zero-order valence-corrected chi connectivity index (χ0v) is 9.32. The average molecular weight is 236 g/mol. The molecule has 0 heterocycles. The smallest absolute Gasteiger partial charge is 0.151 e. The molecule has 4 atom stereocenters. The van der Waals surface area contributed by atoms with E-state index in [4.69, 9.17) is 9.84 Å². The van der Waals surface area contributed by atoms with Crippen LogP contribution >= 0.6 is 0 Å². The minimum Gasteiger partial charge on any atom is -0.388 e. The molecule has 16 heavy (non-hydrogen) atoms. The Morgan fingerprint density at radius 1 is 1.19 bits per heavy atom. The lowest BCUT2D eigenvalue weighted by atomic mass is 10.0. The van der Waals surface area contributed by atoms with Crippen molar-refractivity contribution in [2.24, 2.45) is 0 Å². The first kappa shape index (κ1) is 15.5. The van der Waals surface area contributed by atoms with Gasteiger partial charge in [0.15, 0.2) is 6.29 Å². The molecule has 0 bridgehead atoms. The van der Waals surface area contributed by atoms with E-state index in [0.29, 0.717) is 6.61 Å². The number of unbranched alkanes of at least 4 members (excludes halogenated alkanes) is 1. The highest BCUT2D eigenvalue weighted by Gasteiger charge is 2.30. The van der Waals surface area contributed by atoms with Crippen LogP contribution in [0.5, 0.6) is 0 Å². The number of aldehydes is 1. The quantitative estimate of drug-likeness (QED) is 0.285. The molecule has 0 unspecified atom stereocenters. The van der Waals surface area contributed by atoms with Gasteiger partial charge < -0.3 is 30.0 Å². The molecule has 0 fully saturated rings. The van der Waals surface area contributed by atoms with E-state index in [1.807, 2.05) is 6.92 Å². The number of aliphatic hydroxyl groups excluding tert-OH is 4. The van der Waals surface area contributed by atoms with E-state index in [9.17, 15) is 20.1 Å². The fraction of sp³-hybridized carbons (Fsp3) is 0.900. The molecule has 0 aromatic rings. The topological polar surface area (TPSA) is 107 Å². The van der Waals surface area contributed by atoms with E-state index in [2.05, 4.69) is 0 Å². The summed E-state index contributed by atoms with van der Waals surface area (Å²) in [5.41, 5.74) is 0. The molecular formula is C10H20O6. The Morgan fingerprint density at radius 2 is 1.81 bits per heavy atom. The molecule has 4 N–H and O–H groups in total. The van der Waals surface area contributed by atoms with Crippen LogP contribution in [0.25, 0.3) is 0 Å². The molecule has 0 amide bonds. The number of carbonyl (C=O) groups is 1. The predicted octanol–water partition coefficient (Wildman–Crippen LogP) is -1.55. The molecule has 0 aromatic carbocycles. The summed E-state index contributed by atoms with van der Waals surface area (Å²) in [5, 5.41) is 36.9. The average Bonchev–Trinajstić information content (AvgIpc) is 2.31. The zero-order chi connectivity index (χ0) is 12.6. The first-order chi connectivity index (χ1) is 7.54. The summed E-state index contributed by atoms with van der Waals surface area (Å²) in [7, 11) is 0. The minimum atomic E-state index is -1.71. The van der Waals surface area contributed by atoms with Crippen molar-refractivity contribution in [2.75, 3.05) is 13.2 Å². The van der Waals surface area contributed by atoms with E-state index in [-0.39, 0.29) is 12.9 Å². The van der Waals surface area contributed by atoms with E-state index < -0.39 is 24.4 Å². The molecule has 96 valence electrons. The number of rotatable bonds is 9. The standard InChI is InChI=1S/C10H20O6/c1-2-3-4-16-6-8(13)10(15)9(14)7(12)5-11/h5,7-10,12-15H,2-4,6H2,1H3/t7-,8+,9+,10+/m0/s1. The molecule has 0 saturated heterocycles. The van der Waals surface area contributed by atoms with Crippen molar-refractivity contribution in [3.05, 3.63) is 0 Å². The molecule has 0 rings (SSSR count). The normalized spacial score (nSPS) is 18.8. The molecule has 0 saturated carbocycles. The van der Waals surface area contributed by atoms with E-state index in [1.165, 1.54) is 0 Å². The van der Waals surface area contributed by atoms with Crippen LogP contribution in [0.1, 0.15) is 19.8 Å². The number of ether oxygens (including phenoxy) is 1. The first-order valence-corrected chi connectivity index (χ1v) is 5.29. The van der Waals surface area contributed by atoms with Gasteiger partial charge in [-0.1, -0.05) is 13.3 Å². The second kappa shape index (κ2) is 8.60. The Labute approximate surface area is 94.5 Å². The monoisotopic (exact) mass is 236 g/mol. The van der Waals surface area contributed by atoms with Crippen molar-refractivity contribution < 1.29 is 30.0 Å². The largest absolute Gasteiger partial charge is 0.388 e. The maximum Gasteiger partial charge on any atom is 0.151 e. The van der Waals surface area contributed by atoms with Crippen molar-refractivity contribution in [1.29, 1.82) is 0 Å².